The second-order valence-electron chi connectivity index (χ2n) is 8.14. The normalized spacial score (nSPS) is 17.5. The third kappa shape index (κ3) is 3.32. The first-order chi connectivity index (χ1) is 15.5. The van der Waals surface area contributed by atoms with Gasteiger partial charge in [0.2, 0.25) is 5.88 Å². The van der Waals surface area contributed by atoms with E-state index in [-0.39, 0.29) is 29.0 Å². The molecule has 7 heteroatoms. The first-order valence-electron chi connectivity index (χ1n) is 10.3. The van der Waals surface area contributed by atoms with Gasteiger partial charge in [-0.1, -0.05) is 41.9 Å². The van der Waals surface area contributed by atoms with Crippen LogP contribution < -0.4 is 10.1 Å². The molecule has 2 aromatic carbocycles. The average molecular weight is 449 g/mol. The van der Waals surface area contributed by atoms with E-state index in [2.05, 4.69) is 10.3 Å². The molecule has 3 N–H and O–H groups in total. The summed E-state index contributed by atoms with van der Waals surface area (Å²) in [5.74, 6) is -0.326. The molecule has 5 rings (SSSR count). The molecule has 1 aliphatic carbocycles. The number of halogens is 1. The largest absolute Gasteiger partial charge is 0.505 e. The van der Waals surface area contributed by atoms with Crippen molar-refractivity contribution in [3.8, 4) is 17.0 Å². The number of amides is 1. The van der Waals surface area contributed by atoms with Gasteiger partial charge in [-0.05, 0) is 42.2 Å². The van der Waals surface area contributed by atoms with Gasteiger partial charge >= 0.3 is 0 Å². The van der Waals surface area contributed by atoms with Crippen molar-refractivity contribution in [3.05, 3.63) is 76.4 Å². The number of benzene rings is 2. The molecule has 0 unspecified atom stereocenters. The SMILES string of the molecule is COc1cccc(/C(O)=C2\C(=O)Nc3cc(Cl)c(-c4ccc(C5(CO)CC5)cc4)cc32)n1. The van der Waals surface area contributed by atoms with Gasteiger partial charge in [-0.25, -0.2) is 4.98 Å². The van der Waals surface area contributed by atoms with Gasteiger partial charge in [0.05, 0.1) is 30.0 Å². The lowest BCUT2D eigenvalue weighted by Gasteiger charge is -2.14. The Morgan fingerprint density at radius 2 is 1.91 bits per heavy atom. The zero-order valence-corrected chi connectivity index (χ0v) is 18.1. The first kappa shape index (κ1) is 20.5. The van der Waals surface area contributed by atoms with Crippen LogP contribution >= 0.6 is 11.6 Å². The number of hydrogen-bond donors (Lipinski definition) is 3. The highest BCUT2D eigenvalue weighted by Gasteiger charge is 2.43. The molecule has 3 aromatic rings. The number of aromatic nitrogens is 1. The zero-order chi connectivity index (χ0) is 22.5. The number of nitrogens with zero attached hydrogens (tertiary/aromatic N) is 1. The fourth-order valence-electron chi connectivity index (χ4n) is 4.13. The number of anilines is 1. The van der Waals surface area contributed by atoms with E-state index >= 15 is 0 Å². The number of rotatable bonds is 5. The van der Waals surface area contributed by atoms with E-state index in [4.69, 9.17) is 16.3 Å². The monoisotopic (exact) mass is 448 g/mol. The van der Waals surface area contributed by atoms with Crippen LogP contribution in [-0.2, 0) is 10.2 Å². The van der Waals surface area contributed by atoms with E-state index in [0.717, 1.165) is 29.5 Å². The second kappa shape index (κ2) is 7.65. The van der Waals surface area contributed by atoms with Crippen LogP contribution in [0.5, 0.6) is 5.88 Å². The van der Waals surface area contributed by atoms with Crippen molar-refractivity contribution >= 4 is 34.5 Å². The predicted octanol–water partition coefficient (Wildman–Crippen LogP) is 4.81. The van der Waals surface area contributed by atoms with Crippen LogP contribution in [0.4, 0.5) is 5.69 Å². The van der Waals surface area contributed by atoms with Gasteiger partial charge in [-0.3, -0.25) is 4.79 Å². The number of pyridine rings is 1. The van der Waals surface area contributed by atoms with Crippen LogP contribution in [0.25, 0.3) is 22.5 Å². The summed E-state index contributed by atoms with van der Waals surface area (Å²) in [6, 6.07) is 16.4. The van der Waals surface area contributed by atoms with E-state index in [9.17, 15) is 15.0 Å². The fraction of sp³-hybridized carbons (Fsp3) is 0.200. The van der Waals surface area contributed by atoms with E-state index in [1.165, 1.54) is 7.11 Å². The molecule has 1 fully saturated rings. The molecule has 2 aliphatic rings. The molecule has 0 radical (unpaired) electrons. The highest BCUT2D eigenvalue weighted by atomic mass is 35.5. The van der Waals surface area contributed by atoms with E-state index < -0.39 is 5.91 Å². The molecule has 162 valence electrons. The van der Waals surface area contributed by atoms with Crippen molar-refractivity contribution in [1.29, 1.82) is 0 Å². The number of aliphatic hydroxyl groups is 2. The lowest BCUT2D eigenvalue weighted by Crippen LogP contribution is -2.11. The number of ether oxygens (including phenoxy) is 1. The number of hydrogen-bond acceptors (Lipinski definition) is 5. The van der Waals surface area contributed by atoms with E-state index in [1.807, 2.05) is 24.3 Å². The Bertz CT molecular complexity index is 1260. The molecule has 1 aromatic heterocycles. The highest BCUT2D eigenvalue weighted by molar-refractivity contribution is 6.38. The zero-order valence-electron chi connectivity index (χ0n) is 17.4. The van der Waals surface area contributed by atoms with Gasteiger partial charge < -0.3 is 20.3 Å². The quantitative estimate of drug-likeness (QED) is 0.384. The molecule has 0 saturated heterocycles. The summed E-state index contributed by atoms with van der Waals surface area (Å²) in [5.41, 5.74) is 4.08. The maximum atomic E-state index is 12.7. The Morgan fingerprint density at radius 3 is 2.56 bits per heavy atom. The van der Waals surface area contributed by atoms with Gasteiger partial charge in [0.15, 0.2) is 5.76 Å². The molecule has 1 saturated carbocycles. The van der Waals surface area contributed by atoms with Gasteiger partial charge in [0.25, 0.3) is 5.91 Å². The minimum atomic E-state index is -0.427. The minimum Gasteiger partial charge on any atom is -0.505 e. The van der Waals surface area contributed by atoms with Crippen LogP contribution in [0, 0.1) is 0 Å². The summed E-state index contributed by atoms with van der Waals surface area (Å²) >= 11 is 6.54. The summed E-state index contributed by atoms with van der Waals surface area (Å²) in [5, 5.41) is 23.8. The molecule has 0 bridgehead atoms. The van der Waals surface area contributed by atoms with Crippen molar-refractivity contribution < 1.29 is 19.7 Å². The van der Waals surface area contributed by atoms with Crippen LogP contribution in [0.2, 0.25) is 5.02 Å². The second-order valence-corrected chi connectivity index (χ2v) is 8.54. The van der Waals surface area contributed by atoms with Crippen molar-refractivity contribution in [2.75, 3.05) is 19.0 Å². The Kier molecular flexibility index (Phi) is 4.92. The van der Waals surface area contributed by atoms with Crippen LogP contribution in [0.1, 0.15) is 29.7 Å². The summed E-state index contributed by atoms with van der Waals surface area (Å²) in [6.45, 7) is 0.144. The molecule has 32 heavy (non-hydrogen) atoms. The molecular formula is C25H21ClN2O4. The summed E-state index contributed by atoms with van der Waals surface area (Å²) in [7, 11) is 1.49. The van der Waals surface area contributed by atoms with E-state index in [1.54, 1.807) is 30.3 Å². The minimum absolute atomic E-state index is 0.109. The number of fused-ring (bicyclic) bond motifs is 1. The average Bonchev–Trinajstić information content (AvgIpc) is 3.55. The maximum absolute atomic E-state index is 12.7. The van der Waals surface area contributed by atoms with Crippen molar-refractivity contribution in [1.82, 2.24) is 4.98 Å². The predicted molar refractivity (Wildman–Crippen MR) is 124 cm³/mol. The molecule has 6 nitrogen and oxygen atoms in total. The number of nitrogens with one attached hydrogen (secondary N) is 1. The van der Waals surface area contributed by atoms with Gasteiger partial charge in [0, 0.05) is 22.6 Å². The number of methoxy groups -OCH3 is 1. The van der Waals surface area contributed by atoms with Crippen molar-refractivity contribution in [2.45, 2.75) is 18.3 Å². The summed E-state index contributed by atoms with van der Waals surface area (Å²) in [6.07, 6.45) is 1.98. The number of carbonyl (C=O) groups excluding carboxylic acids is 1. The fourth-order valence-corrected chi connectivity index (χ4v) is 4.40. The van der Waals surface area contributed by atoms with Crippen LogP contribution in [-0.4, -0.2) is 34.8 Å². The molecule has 2 heterocycles. The summed E-state index contributed by atoms with van der Waals surface area (Å²) < 4.78 is 5.12. The smallest absolute Gasteiger partial charge is 0.260 e. The van der Waals surface area contributed by atoms with Crippen LogP contribution in [0.3, 0.4) is 0 Å². The maximum Gasteiger partial charge on any atom is 0.260 e. The molecular weight excluding hydrogens is 428 g/mol. The Balaban J connectivity index is 1.58. The lowest BCUT2D eigenvalue weighted by atomic mass is 9.93. The Labute approximate surface area is 190 Å². The van der Waals surface area contributed by atoms with Gasteiger partial charge in [-0.15, -0.1) is 0 Å². The van der Waals surface area contributed by atoms with E-state index in [0.29, 0.717) is 22.2 Å². The van der Waals surface area contributed by atoms with Gasteiger partial charge in [-0.2, -0.15) is 0 Å². The third-order valence-electron chi connectivity index (χ3n) is 6.23. The number of aliphatic hydroxyl groups excluding tert-OH is 2. The molecule has 0 atom stereocenters. The summed E-state index contributed by atoms with van der Waals surface area (Å²) in [4.78, 5) is 16.9. The molecule has 1 aliphatic heterocycles. The highest BCUT2D eigenvalue weighted by Crippen LogP contribution is 2.48. The lowest BCUT2D eigenvalue weighted by molar-refractivity contribution is -0.110. The van der Waals surface area contributed by atoms with Gasteiger partial charge in [0.1, 0.15) is 5.69 Å². The standard InChI is InChI=1S/C25H21ClN2O4/c1-32-21-4-2-3-19(27-21)23(30)22-17-11-16(18(26)12-20(17)28-24(22)31)14-5-7-15(8-6-14)25(13-29)9-10-25/h2-8,11-12,29-30H,9-10,13H2,1H3,(H,28,31)/b23-22+. The third-order valence-corrected chi connectivity index (χ3v) is 6.54. The molecule has 0 spiro atoms. The Hall–Kier alpha value is -3.35. The first-order valence-corrected chi connectivity index (χ1v) is 10.7. The van der Waals surface area contributed by atoms with Crippen LogP contribution in [0.15, 0.2) is 54.6 Å². The number of carbonyl (C=O) groups is 1. The van der Waals surface area contributed by atoms with Crippen molar-refractivity contribution in [2.24, 2.45) is 0 Å². The topological polar surface area (TPSA) is 91.7 Å². The molecule has 1 amide bonds. The Morgan fingerprint density at radius 1 is 1.16 bits per heavy atom. The van der Waals surface area contributed by atoms with Crippen molar-refractivity contribution in [3.63, 3.8) is 0 Å².